The van der Waals surface area contributed by atoms with Gasteiger partial charge < -0.3 is 10.2 Å². The summed E-state index contributed by atoms with van der Waals surface area (Å²) in [5.41, 5.74) is 0.611. The summed E-state index contributed by atoms with van der Waals surface area (Å²) in [5.74, 6) is -1.28. The van der Waals surface area contributed by atoms with E-state index < -0.39 is 92.3 Å². The van der Waals surface area contributed by atoms with Gasteiger partial charge in [-0.25, -0.2) is 0 Å². The molecule has 382 valence electrons. The average Bonchev–Trinajstić information content (AvgIpc) is 3.99. The lowest BCUT2D eigenvalue weighted by atomic mass is 10.1. The lowest BCUT2D eigenvalue weighted by Gasteiger charge is -2.10. The van der Waals surface area contributed by atoms with Crippen molar-refractivity contribution in [3.8, 4) is 22.9 Å². The van der Waals surface area contributed by atoms with Crippen LogP contribution in [0.4, 0.5) is 22.7 Å². The highest BCUT2D eigenvalue weighted by atomic mass is 32.2. The molecule has 0 saturated carbocycles. The molecule has 7 N–H and O–H groups in total. The number of azo groups is 2. The van der Waals surface area contributed by atoms with Gasteiger partial charge in [0.1, 0.15) is 53.9 Å². The zero-order valence-corrected chi connectivity index (χ0v) is 41.2. The van der Waals surface area contributed by atoms with Crippen LogP contribution in [-0.4, -0.2) is 105 Å². The van der Waals surface area contributed by atoms with E-state index in [1.54, 1.807) is 19.1 Å². The fraction of sp³-hybridized carbons (Fsp3) is 0.0233. The Morgan fingerprint density at radius 3 is 1.41 bits per heavy atom. The van der Waals surface area contributed by atoms with Crippen molar-refractivity contribution < 1.29 is 75.1 Å². The molecule has 8 aromatic carbocycles. The molecule has 75 heavy (non-hydrogen) atoms. The van der Waals surface area contributed by atoms with Crippen molar-refractivity contribution >= 4 is 128 Å². The Morgan fingerprint density at radius 2 is 0.907 bits per heavy atom. The Morgan fingerprint density at radius 1 is 0.427 bits per heavy atom. The second kappa shape index (κ2) is 17.4. The van der Waals surface area contributed by atoms with Gasteiger partial charge in [-0.3, -0.25) is 22.8 Å². The molecule has 0 saturated heterocycles. The molecular formula is C43H28N10O17S5. The van der Waals surface area contributed by atoms with E-state index >= 15 is 0 Å². The van der Waals surface area contributed by atoms with Gasteiger partial charge in [-0.05, 0) is 109 Å². The highest BCUT2D eigenvalue weighted by Crippen LogP contribution is 2.44. The average molecular weight is 1120 g/mol. The van der Waals surface area contributed by atoms with Crippen LogP contribution in [0, 0.1) is 6.92 Å². The summed E-state index contributed by atoms with van der Waals surface area (Å²) in [7, 11) is -25.0. The minimum absolute atomic E-state index is 0.00759. The quantitative estimate of drug-likeness (QED) is 0.0490. The number of nitrogens with zero attached hydrogens (tertiary/aromatic N) is 10. The maximum absolute atomic E-state index is 12.7. The van der Waals surface area contributed by atoms with Crippen LogP contribution >= 0.6 is 0 Å². The Labute approximate surface area is 420 Å². The second-order valence-corrected chi connectivity index (χ2v) is 23.3. The maximum atomic E-state index is 12.7. The number of phenolic OH excluding ortho intramolecular Hbond substituents is 2. The van der Waals surface area contributed by atoms with Crippen molar-refractivity contribution in [2.45, 2.75) is 31.4 Å². The van der Waals surface area contributed by atoms with Crippen LogP contribution in [0.2, 0.25) is 0 Å². The summed E-state index contributed by atoms with van der Waals surface area (Å²) in [6, 6.07) is 22.0. The summed E-state index contributed by atoms with van der Waals surface area (Å²) in [6.07, 6.45) is 0. The zero-order valence-electron chi connectivity index (χ0n) is 37.1. The van der Waals surface area contributed by atoms with Crippen molar-refractivity contribution in [2.24, 2.45) is 20.5 Å². The summed E-state index contributed by atoms with van der Waals surface area (Å²) >= 11 is 0. The van der Waals surface area contributed by atoms with Gasteiger partial charge in [-0.1, -0.05) is 12.1 Å². The van der Waals surface area contributed by atoms with E-state index in [4.69, 9.17) is 0 Å². The maximum Gasteiger partial charge on any atom is 0.296 e. The molecule has 0 atom stereocenters. The van der Waals surface area contributed by atoms with Gasteiger partial charge in [0, 0.05) is 33.0 Å². The third kappa shape index (κ3) is 9.36. The Balaban J connectivity index is 0.922. The molecule has 0 bridgehead atoms. The normalized spacial score (nSPS) is 13.2. The van der Waals surface area contributed by atoms with Crippen molar-refractivity contribution in [3.05, 3.63) is 115 Å². The largest absolute Gasteiger partial charge is 0.506 e. The van der Waals surface area contributed by atoms with Crippen LogP contribution in [0.15, 0.2) is 154 Å². The predicted octanol–water partition coefficient (Wildman–Crippen LogP) is 7.40. The van der Waals surface area contributed by atoms with Gasteiger partial charge in [0.05, 0.1) is 32.5 Å². The van der Waals surface area contributed by atoms with Crippen LogP contribution in [0.3, 0.4) is 0 Å². The standard InChI is InChI=1S/C43H28N10O17S5/c1-20-12-35(36(54)19-34(20)45-44-22-2-4-23(5-3-22)52-48-32-10-8-28-30(40(32)50-52)15-25(71(56,57)58)17-37(28)73(62,63)64)46-47-42-39(75(68,69)70)14-21-13-24(6-7-27(21)43(42)55)53-49-33-11-9-29-31(41(33)51-53)16-26(72(59,60)61)18-38(29)74(65,66)67/h2-19,54-55H,1H3,(H,56,57,58)(H,59,60,61)(H,62,63,64)(H,65,66,67)(H,68,69,70). The van der Waals surface area contributed by atoms with E-state index in [9.17, 15) is 75.1 Å². The second-order valence-electron chi connectivity index (χ2n) is 16.3. The molecule has 10 aromatic rings. The van der Waals surface area contributed by atoms with Crippen LogP contribution in [0.5, 0.6) is 11.5 Å². The van der Waals surface area contributed by atoms with Gasteiger partial charge in [0.25, 0.3) is 50.6 Å². The van der Waals surface area contributed by atoms with Crippen LogP contribution in [0.25, 0.3) is 65.8 Å². The molecule has 0 spiro atoms. The lowest BCUT2D eigenvalue weighted by Crippen LogP contribution is -2.04. The molecule has 32 heteroatoms. The van der Waals surface area contributed by atoms with Gasteiger partial charge in [0.15, 0.2) is 5.75 Å². The first-order valence-electron chi connectivity index (χ1n) is 20.7. The number of fused-ring (bicyclic) bond motifs is 7. The zero-order chi connectivity index (χ0) is 53.9. The number of hydrogen-bond donors (Lipinski definition) is 7. The van der Waals surface area contributed by atoms with Gasteiger partial charge in [-0.15, -0.1) is 30.6 Å². The van der Waals surface area contributed by atoms with Gasteiger partial charge >= 0.3 is 0 Å². The number of aromatic hydroxyl groups is 2. The molecule has 0 radical (unpaired) electrons. The number of phenols is 2. The SMILES string of the molecule is Cc1cc(N=Nc2c(S(=O)(=O)O)cc3cc(-n4nc5ccc6c(S(=O)(=O)O)cc(S(=O)(=O)O)cc6c5n4)ccc3c2O)c(O)cc1N=Nc1ccc(-n2nc3ccc4c(S(=O)(=O)O)cc(S(=O)(=O)O)cc4c3n2)cc1. The molecule has 0 amide bonds. The Kier molecular flexibility index (Phi) is 11.7. The number of aryl methyl sites for hydroxylation is 1. The van der Waals surface area contributed by atoms with Gasteiger partial charge in [0.2, 0.25) is 0 Å². The molecule has 0 unspecified atom stereocenters. The minimum Gasteiger partial charge on any atom is -0.506 e. The smallest absolute Gasteiger partial charge is 0.296 e. The molecule has 10 rings (SSSR count). The highest BCUT2D eigenvalue weighted by molar-refractivity contribution is 7.87. The van der Waals surface area contributed by atoms with Crippen molar-refractivity contribution in [3.63, 3.8) is 0 Å². The number of benzene rings is 8. The number of rotatable bonds is 11. The van der Waals surface area contributed by atoms with E-state index in [1.165, 1.54) is 66.7 Å². The molecule has 0 aliphatic heterocycles. The van der Waals surface area contributed by atoms with Crippen LogP contribution < -0.4 is 0 Å². The monoisotopic (exact) mass is 1120 g/mol. The lowest BCUT2D eigenvalue weighted by molar-refractivity contribution is 0.471. The molecule has 2 aromatic heterocycles. The molecule has 2 heterocycles. The molecule has 0 aliphatic rings. The van der Waals surface area contributed by atoms with Crippen molar-refractivity contribution in [1.29, 1.82) is 0 Å². The number of aromatic nitrogens is 6. The van der Waals surface area contributed by atoms with E-state index in [0.29, 0.717) is 29.1 Å². The Hall–Kier alpha value is -8.31. The van der Waals surface area contributed by atoms with E-state index in [0.717, 1.165) is 27.8 Å². The summed E-state index contributed by atoms with van der Waals surface area (Å²) in [5, 5.41) is 55.5. The van der Waals surface area contributed by atoms with Crippen LogP contribution in [0.1, 0.15) is 5.56 Å². The fourth-order valence-corrected chi connectivity index (χ4v) is 11.3. The van der Waals surface area contributed by atoms with Crippen molar-refractivity contribution in [2.75, 3.05) is 0 Å². The third-order valence-electron chi connectivity index (χ3n) is 11.4. The molecular weight excluding hydrogens is 1090 g/mol. The predicted molar refractivity (Wildman–Crippen MR) is 262 cm³/mol. The molecule has 0 fully saturated rings. The van der Waals surface area contributed by atoms with Gasteiger partial charge in [-0.2, -0.15) is 61.9 Å². The summed E-state index contributed by atoms with van der Waals surface area (Å²) in [6.45, 7) is 1.58. The number of hydrogen-bond acceptors (Lipinski definition) is 20. The first-order chi connectivity index (χ1) is 35.0. The van der Waals surface area contributed by atoms with E-state index in [-0.39, 0.29) is 71.4 Å². The van der Waals surface area contributed by atoms with Crippen molar-refractivity contribution in [1.82, 2.24) is 30.0 Å². The minimum atomic E-state index is -5.15. The molecule has 0 aliphatic carbocycles. The highest BCUT2D eigenvalue weighted by Gasteiger charge is 2.26. The van der Waals surface area contributed by atoms with E-state index in [1.807, 2.05) is 0 Å². The third-order valence-corrected chi connectivity index (χ3v) is 15.8. The van der Waals surface area contributed by atoms with E-state index in [2.05, 4.69) is 40.9 Å². The summed E-state index contributed by atoms with van der Waals surface area (Å²) in [4.78, 5) is -2.00. The topological polar surface area (TPSA) is 423 Å². The summed E-state index contributed by atoms with van der Waals surface area (Å²) < 4.78 is 171. The molecule has 27 nitrogen and oxygen atoms in total. The Bertz CT molecular complexity index is 4840. The first-order valence-corrected chi connectivity index (χ1v) is 27.9. The first kappa shape index (κ1) is 50.2. The fourth-order valence-electron chi connectivity index (χ4n) is 7.95. The van der Waals surface area contributed by atoms with Crippen LogP contribution in [-0.2, 0) is 50.6 Å².